The lowest BCUT2D eigenvalue weighted by atomic mass is 9.88. The molecule has 1 saturated carbocycles. The van der Waals surface area contributed by atoms with Gasteiger partial charge in [0.25, 0.3) is 0 Å². The number of Topliss-reactive ketones (excluding diaryl/α,β-unsaturated/α-hetero) is 1. The Bertz CT molecular complexity index is 1270. The lowest BCUT2D eigenvalue weighted by Gasteiger charge is -2.32. The fourth-order valence-corrected chi connectivity index (χ4v) is 6.56. The number of carbonyl (C=O) groups is 4. The quantitative estimate of drug-likeness (QED) is 0.283. The highest BCUT2D eigenvalue weighted by Crippen LogP contribution is 2.33. The van der Waals surface area contributed by atoms with E-state index in [1.807, 2.05) is 0 Å². The van der Waals surface area contributed by atoms with Gasteiger partial charge in [0.2, 0.25) is 17.7 Å². The van der Waals surface area contributed by atoms with Crippen LogP contribution >= 0.6 is 0 Å². The largest absolute Gasteiger partial charge is 0.377 e. The Hall–Kier alpha value is -2.83. The summed E-state index contributed by atoms with van der Waals surface area (Å²) in [7, 11) is -3.41. The van der Waals surface area contributed by atoms with Crippen LogP contribution in [0.15, 0.2) is 29.2 Å². The number of benzene rings is 1. The third-order valence-corrected chi connectivity index (χ3v) is 10.0. The summed E-state index contributed by atoms with van der Waals surface area (Å²) in [6, 6.07) is 4.33. The maximum Gasteiger partial charge on any atom is 0.243 e. The van der Waals surface area contributed by atoms with Crippen molar-refractivity contribution in [3.05, 3.63) is 29.8 Å². The number of ether oxygens (including phenoxy) is 2. The van der Waals surface area contributed by atoms with Gasteiger partial charge in [-0.3, -0.25) is 19.2 Å². The monoisotopic (exact) mass is 605 g/mol. The zero-order valence-corrected chi connectivity index (χ0v) is 25.4. The highest BCUT2D eigenvalue weighted by molar-refractivity contribution is 7.90. The van der Waals surface area contributed by atoms with Crippen LogP contribution in [0.25, 0.3) is 0 Å². The van der Waals surface area contributed by atoms with Gasteiger partial charge >= 0.3 is 0 Å². The molecule has 0 bridgehead atoms. The van der Waals surface area contributed by atoms with Crippen LogP contribution < -0.4 is 16.4 Å². The fourth-order valence-electron chi connectivity index (χ4n) is 5.93. The fraction of sp³-hybridized carbons (Fsp3) is 0.667. The molecule has 0 radical (unpaired) electrons. The second-order valence-electron chi connectivity index (χ2n) is 12.3. The molecule has 3 amide bonds. The van der Waals surface area contributed by atoms with Gasteiger partial charge in [-0.15, -0.1) is 0 Å². The molecule has 2 unspecified atom stereocenters. The van der Waals surface area contributed by atoms with Crippen molar-refractivity contribution < 1.29 is 37.1 Å². The number of hydrogen-bond donors (Lipinski definition) is 3. The lowest BCUT2D eigenvalue weighted by molar-refractivity contribution is -0.139. The lowest BCUT2D eigenvalue weighted by Crippen LogP contribution is -2.56. The molecule has 0 spiro atoms. The summed E-state index contributed by atoms with van der Waals surface area (Å²) < 4.78 is 35.0. The molecule has 6 atom stereocenters. The summed E-state index contributed by atoms with van der Waals surface area (Å²) >= 11 is 0. The van der Waals surface area contributed by atoms with Gasteiger partial charge in [-0.05, 0) is 49.8 Å². The van der Waals surface area contributed by atoms with Crippen LogP contribution in [0, 0.1) is 17.8 Å². The number of rotatable bonds is 13. The number of ketones is 1. The maximum absolute atomic E-state index is 13.8. The zero-order chi connectivity index (χ0) is 30.7. The molecule has 0 aromatic heterocycles. The predicted octanol–water partition coefficient (Wildman–Crippen LogP) is 1.46. The molecule has 42 heavy (non-hydrogen) atoms. The van der Waals surface area contributed by atoms with Crippen molar-refractivity contribution in [2.75, 3.05) is 19.5 Å². The number of hydrogen-bond acceptors (Lipinski definition) is 8. The Kier molecular flexibility index (Phi) is 10.1. The van der Waals surface area contributed by atoms with Gasteiger partial charge in [0.05, 0.1) is 29.6 Å². The predicted molar refractivity (Wildman–Crippen MR) is 154 cm³/mol. The normalized spacial score (nSPS) is 26.5. The molecule has 2 saturated heterocycles. The Morgan fingerprint density at radius 1 is 1.02 bits per heavy atom. The molecule has 11 nitrogen and oxygen atoms in total. The van der Waals surface area contributed by atoms with E-state index in [1.165, 1.54) is 12.1 Å². The Balaban J connectivity index is 1.52. The summed E-state index contributed by atoms with van der Waals surface area (Å²) in [4.78, 5) is 52.4. The molecule has 2 heterocycles. The third-order valence-electron chi connectivity index (χ3n) is 8.89. The summed E-state index contributed by atoms with van der Waals surface area (Å²) in [6.45, 7) is 4.01. The van der Waals surface area contributed by atoms with E-state index in [-0.39, 0.29) is 23.0 Å². The van der Waals surface area contributed by atoms with Crippen molar-refractivity contribution >= 4 is 33.3 Å². The van der Waals surface area contributed by atoms with Crippen molar-refractivity contribution in [2.45, 2.75) is 93.9 Å². The van der Waals surface area contributed by atoms with Crippen LogP contribution in [0.3, 0.4) is 0 Å². The Labute approximate surface area is 247 Å². The molecule has 1 aliphatic carbocycles. The molecule has 1 aromatic carbocycles. The minimum atomic E-state index is -3.41. The second-order valence-corrected chi connectivity index (χ2v) is 14.3. The topological polar surface area (TPSA) is 174 Å². The molecular formula is C30H43N3O8S. The molecule has 1 aromatic rings. The molecule has 4 N–H and O–H groups in total. The van der Waals surface area contributed by atoms with Crippen molar-refractivity contribution in [1.29, 1.82) is 0 Å². The molecule has 232 valence electrons. The average molecular weight is 606 g/mol. The van der Waals surface area contributed by atoms with E-state index in [1.54, 1.807) is 26.0 Å². The van der Waals surface area contributed by atoms with Crippen LogP contribution in [-0.2, 0) is 44.9 Å². The van der Waals surface area contributed by atoms with Gasteiger partial charge in [0.15, 0.2) is 15.6 Å². The van der Waals surface area contributed by atoms with E-state index in [2.05, 4.69) is 10.6 Å². The number of nitrogens with two attached hydrogens (primary N) is 1. The van der Waals surface area contributed by atoms with E-state index in [0.29, 0.717) is 44.0 Å². The maximum atomic E-state index is 13.8. The average Bonchev–Trinajstić information content (AvgIpc) is 3.49. The summed E-state index contributed by atoms with van der Waals surface area (Å²) in [5.74, 6) is -2.30. The molecule has 4 rings (SSSR count). The number of amides is 3. The Morgan fingerprint density at radius 2 is 1.64 bits per heavy atom. The second kappa shape index (κ2) is 13.2. The highest BCUT2D eigenvalue weighted by atomic mass is 32.2. The van der Waals surface area contributed by atoms with Gasteiger partial charge < -0.3 is 25.8 Å². The summed E-state index contributed by atoms with van der Waals surface area (Å²) in [6.07, 6.45) is 6.12. The zero-order valence-electron chi connectivity index (χ0n) is 24.6. The van der Waals surface area contributed by atoms with Crippen molar-refractivity contribution in [3.8, 4) is 0 Å². The van der Waals surface area contributed by atoms with Gasteiger partial charge in [0.1, 0.15) is 11.6 Å². The van der Waals surface area contributed by atoms with Crippen molar-refractivity contribution in [2.24, 2.45) is 23.5 Å². The molecule has 2 aliphatic heterocycles. The molecular weight excluding hydrogens is 562 g/mol. The van der Waals surface area contributed by atoms with Gasteiger partial charge in [0, 0.05) is 25.2 Å². The summed E-state index contributed by atoms with van der Waals surface area (Å²) in [5, 5.41) is 5.76. The number of nitrogens with one attached hydrogen (secondary N) is 2. The molecule has 3 aliphatic rings. The minimum absolute atomic E-state index is 0.0713. The third kappa shape index (κ3) is 8.17. The van der Waals surface area contributed by atoms with Crippen LogP contribution in [-0.4, -0.2) is 75.2 Å². The summed E-state index contributed by atoms with van der Waals surface area (Å²) in [5.41, 5.74) is 5.21. The standard InChI is InChI=1S/C30H43N3O8S/c1-18(25-16-21(27(31)35)12-13-40-25)28(36)33-24(15-20-8-10-22(11-9-20)42(3,38)39)29(37)32-23(14-19-6-4-5-7-19)26(34)30(2)17-41-30/h8-11,18-19,21,23-25H,4-7,12-17H2,1-3H3,(H2,31,35)(H,32,37)(H,33,36)/t18-,21?,23+,24+,25?,30-/m1/s1. The van der Waals surface area contributed by atoms with Gasteiger partial charge in [-0.25, -0.2) is 8.42 Å². The highest BCUT2D eigenvalue weighted by Gasteiger charge is 2.50. The van der Waals surface area contributed by atoms with Crippen molar-refractivity contribution in [1.82, 2.24) is 10.6 Å². The number of primary amides is 1. The minimum Gasteiger partial charge on any atom is -0.377 e. The molecule has 12 heteroatoms. The molecule has 3 fully saturated rings. The van der Waals surface area contributed by atoms with Crippen LogP contribution in [0.5, 0.6) is 0 Å². The van der Waals surface area contributed by atoms with Crippen LogP contribution in [0.1, 0.15) is 64.4 Å². The van der Waals surface area contributed by atoms with Gasteiger partial charge in [-0.1, -0.05) is 44.7 Å². The van der Waals surface area contributed by atoms with E-state index >= 15 is 0 Å². The first-order chi connectivity index (χ1) is 19.8. The first-order valence-corrected chi connectivity index (χ1v) is 16.6. The smallest absolute Gasteiger partial charge is 0.243 e. The number of sulfone groups is 1. The van der Waals surface area contributed by atoms with Crippen LogP contribution in [0.2, 0.25) is 0 Å². The van der Waals surface area contributed by atoms with Gasteiger partial charge in [-0.2, -0.15) is 0 Å². The number of carbonyl (C=O) groups excluding carboxylic acids is 4. The van der Waals surface area contributed by atoms with Crippen LogP contribution in [0.4, 0.5) is 0 Å². The number of epoxide rings is 1. The first-order valence-electron chi connectivity index (χ1n) is 14.8. The van der Waals surface area contributed by atoms with E-state index in [4.69, 9.17) is 15.2 Å². The van der Waals surface area contributed by atoms with E-state index in [0.717, 1.165) is 31.9 Å². The Morgan fingerprint density at radius 3 is 2.21 bits per heavy atom. The first kappa shape index (κ1) is 32.1. The van der Waals surface area contributed by atoms with Crippen molar-refractivity contribution in [3.63, 3.8) is 0 Å². The SMILES string of the molecule is C[C@@H](C(=O)N[C@@H](Cc1ccc(S(C)(=O)=O)cc1)C(=O)N[C@@H](CC1CCCC1)C(=O)[C@@]1(C)CO1)C1CC(C(N)=O)CCO1. The van der Waals surface area contributed by atoms with E-state index < -0.39 is 57.3 Å². The van der Waals surface area contributed by atoms with E-state index in [9.17, 15) is 27.6 Å².